The maximum atomic E-state index is 11.7. The monoisotopic (exact) mass is 259 g/mol. The van der Waals surface area contributed by atoms with Gasteiger partial charge in [0.1, 0.15) is 0 Å². The molecule has 0 aliphatic carbocycles. The smallest absolute Gasteiger partial charge is 0.215 e. The molecule has 5 nitrogen and oxygen atoms in total. The standard InChI is InChI=1S/C11H17NO4S/c1-11(14,9-13)8-12-17(15,16)7-10-5-3-2-4-6-10/h2-6,12-14H,7-9H2,1H3. The van der Waals surface area contributed by atoms with E-state index in [1.165, 1.54) is 6.92 Å². The lowest BCUT2D eigenvalue weighted by atomic mass is 10.1. The maximum Gasteiger partial charge on any atom is 0.215 e. The van der Waals surface area contributed by atoms with Gasteiger partial charge in [-0.05, 0) is 12.5 Å². The van der Waals surface area contributed by atoms with Gasteiger partial charge in [-0.15, -0.1) is 0 Å². The van der Waals surface area contributed by atoms with E-state index in [0.717, 1.165) is 0 Å². The van der Waals surface area contributed by atoms with Gasteiger partial charge >= 0.3 is 0 Å². The molecule has 0 heterocycles. The topological polar surface area (TPSA) is 86.6 Å². The lowest BCUT2D eigenvalue weighted by Crippen LogP contribution is -2.43. The molecule has 96 valence electrons. The van der Waals surface area contributed by atoms with Crippen LogP contribution in [0.1, 0.15) is 12.5 Å². The first-order valence-electron chi connectivity index (χ1n) is 5.19. The van der Waals surface area contributed by atoms with Crippen LogP contribution < -0.4 is 4.72 Å². The van der Waals surface area contributed by atoms with Crippen LogP contribution in [0.25, 0.3) is 0 Å². The minimum atomic E-state index is -3.50. The fourth-order valence-corrected chi connectivity index (χ4v) is 2.43. The van der Waals surface area contributed by atoms with Crippen molar-refractivity contribution in [2.24, 2.45) is 0 Å². The molecule has 1 atom stereocenters. The van der Waals surface area contributed by atoms with Gasteiger partial charge in [0.05, 0.1) is 18.0 Å². The average molecular weight is 259 g/mol. The van der Waals surface area contributed by atoms with Crippen molar-refractivity contribution in [2.45, 2.75) is 18.3 Å². The molecule has 1 rings (SSSR count). The van der Waals surface area contributed by atoms with Crippen LogP contribution in [-0.2, 0) is 15.8 Å². The van der Waals surface area contributed by atoms with Gasteiger partial charge in [-0.2, -0.15) is 0 Å². The van der Waals surface area contributed by atoms with E-state index in [1.54, 1.807) is 30.3 Å². The number of hydrogen-bond acceptors (Lipinski definition) is 4. The zero-order valence-electron chi connectivity index (χ0n) is 9.63. The maximum absolute atomic E-state index is 11.7. The Hall–Kier alpha value is -0.950. The van der Waals surface area contributed by atoms with Gasteiger partial charge in [-0.1, -0.05) is 30.3 Å². The van der Waals surface area contributed by atoms with Crippen molar-refractivity contribution in [3.8, 4) is 0 Å². The molecule has 0 aromatic heterocycles. The number of hydrogen-bond donors (Lipinski definition) is 3. The second-order valence-electron chi connectivity index (χ2n) is 4.22. The van der Waals surface area contributed by atoms with Crippen molar-refractivity contribution in [2.75, 3.05) is 13.2 Å². The van der Waals surface area contributed by atoms with E-state index in [-0.39, 0.29) is 12.3 Å². The van der Waals surface area contributed by atoms with Crippen molar-refractivity contribution in [1.29, 1.82) is 0 Å². The van der Waals surface area contributed by atoms with Gasteiger partial charge in [0.25, 0.3) is 0 Å². The molecule has 0 saturated heterocycles. The number of sulfonamides is 1. The summed E-state index contributed by atoms with van der Waals surface area (Å²) in [4.78, 5) is 0. The van der Waals surface area contributed by atoms with Gasteiger partial charge in [-0.25, -0.2) is 13.1 Å². The zero-order valence-corrected chi connectivity index (χ0v) is 10.4. The third kappa shape index (κ3) is 5.27. The lowest BCUT2D eigenvalue weighted by Gasteiger charge is -2.20. The molecule has 0 aliphatic heterocycles. The van der Waals surface area contributed by atoms with E-state index in [2.05, 4.69) is 4.72 Å². The molecule has 0 fully saturated rings. The van der Waals surface area contributed by atoms with E-state index < -0.39 is 22.2 Å². The van der Waals surface area contributed by atoms with Crippen LogP contribution in [0.3, 0.4) is 0 Å². The first kappa shape index (κ1) is 14.1. The highest BCUT2D eigenvalue weighted by atomic mass is 32.2. The Morgan fingerprint density at radius 1 is 1.29 bits per heavy atom. The van der Waals surface area contributed by atoms with Gasteiger partial charge < -0.3 is 10.2 Å². The molecular formula is C11H17NO4S. The molecule has 0 aliphatic rings. The second kappa shape index (κ2) is 5.59. The predicted octanol–water partition coefficient (Wildman–Crippen LogP) is -0.151. The van der Waals surface area contributed by atoms with Crippen molar-refractivity contribution in [3.63, 3.8) is 0 Å². The summed E-state index contributed by atoms with van der Waals surface area (Å²) in [6.07, 6.45) is 0. The minimum Gasteiger partial charge on any atom is -0.393 e. The summed E-state index contributed by atoms with van der Waals surface area (Å²) in [5.74, 6) is -0.144. The van der Waals surface area contributed by atoms with Crippen LogP contribution in [0.2, 0.25) is 0 Å². The van der Waals surface area contributed by atoms with Gasteiger partial charge in [0.2, 0.25) is 10.0 Å². The van der Waals surface area contributed by atoms with Gasteiger partial charge in [0.15, 0.2) is 0 Å². The first-order valence-corrected chi connectivity index (χ1v) is 6.84. The Balaban J connectivity index is 2.59. The third-order valence-electron chi connectivity index (χ3n) is 2.21. The lowest BCUT2D eigenvalue weighted by molar-refractivity contribution is 0.00680. The SMILES string of the molecule is CC(O)(CO)CNS(=O)(=O)Cc1ccccc1. The van der Waals surface area contributed by atoms with E-state index in [9.17, 15) is 13.5 Å². The van der Waals surface area contributed by atoms with Gasteiger partial charge in [-0.3, -0.25) is 0 Å². The van der Waals surface area contributed by atoms with Crippen molar-refractivity contribution in [1.82, 2.24) is 4.72 Å². The summed E-state index contributed by atoms with van der Waals surface area (Å²) in [6, 6.07) is 8.75. The number of benzene rings is 1. The highest BCUT2D eigenvalue weighted by Gasteiger charge is 2.22. The summed E-state index contributed by atoms with van der Waals surface area (Å²) < 4.78 is 25.6. The van der Waals surface area contributed by atoms with Crippen LogP contribution in [0.15, 0.2) is 30.3 Å². The molecule has 6 heteroatoms. The molecule has 0 saturated carbocycles. The molecular weight excluding hydrogens is 242 g/mol. The molecule has 1 aromatic carbocycles. The summed E-state index contributed by atoms with van der Waals surface area (Å²) >= 11 is 0. The van der Waals surface area contributed by atoms with Crippen LogP contribution >= 0.6 is 0 Å². The van der Waals surface area contributed by atoms with Gasteiger partial charge in [0, 0.05) is 6.54 Å². The number of rotatable bonds is 6. The van der Waals surface area contributed by atoms with Crippen LogP contribution in [0.5, 0.6) is 0 Å². The average Bonchev–Trinajstić information content (AvgIpc) is 2.28. The predicted molar refractivity (Wildman–Crippen MR) is 64.8 cm³/mol. The second-order valence-corrected chi connectivity index (χ2v) is 6.03. The Kier molecular flexibility index (Phi) is 4.64. The van der Waals surface area contributed by atoms with E-state index >= 15 is 0 Å². The highest BCUT2D eigenvalue weighted by Crippen LogP contribution is 2.05. The fraction of sp³-hybridized carbons (Fsp3) is 0.455. The molecule has 3 N–H and O–H groups in total. The number of aliphatic hydroxyl groups excluding tert-OH is 1. The molecule has 0 radical (unpaired) electrons. The quantitative estimate of drug-likeness (QED) is 0.663. The van der Waals surface area contributed by atoms with E-state index in [4.69, 9.17) is 5.11 Å². The highest BCUT2D eigenvalue weighted by molar-refractivity contribution is 7.88. The molecule has 0 amide bonds. The van der Waals surface area contributed by atoms with E-state index in [1.807, 2.05) is 0 Å². The largest absolute Gasteiger partial charge is 0.393 e. The first-order chi connectivity index (χ1) is 7.85. The van der Waals surface area contributed by atoms with E-state index in [0.29, 0.717) is 5.56 Å². The van der Waals surface area contributed by atoms with Crippen molar-refractivity contribution >= 4 is 10.0 Å². The Bertz CT molecular complexity index is 442. The molecule has 0 spiro atoms. The molecule has 1 unspecified atom stereocenters. The van der Waals surface area contributed by atoms with Crippen LogP contribution in [0.4, 0.5) is 0 Å². The normalized spacial score (nSPS) is 15.5. The Morgan fingerprint density at radius 3 is 2.41 bits per heavy atom. The summed E-state index contributed by atoms with van der Waals surface area (Å²) in [6.45, 7) is 0.650. The molecule has 1 aromatic rings. The fourth-order valence-electron chi connectivity index (χ4n) is 1.17. The van der Waals surface area contributed by atoms with Crippen LogP contribution in [-0.4, -0.2) is 37.4 Å². The Morgan fingerprint density at radius 2 is 1.88 bits per heavy atom. The van der Waals surface area contributed by atoms with Crippen LogP contribution in [0, 0.1) is 0 Å². The minimum absolute atomic E-state index is 0.144. The molecule has 0 bridgehead atoms. The summed E-state index contributed by atoms with van der Waals surface area (Å²) in [5, 5.41) is 18.3. The number of aliphatic hydroxyl groups is 2. The molecule has 17 heavy (non-hydrogen) atoms. The Labute approximate surface area is 101 Å². The zero-order chi connectivity index (χ0) is 12.9. The summed E-state index contributed by atoms with van der Waals surface area (Å²) in [7, 11) is -3.50. The summed E-state index contributed by atoms with van der Waals surface area (Å²) in [5.41, 5.74) is -0.771. The third-order valence-corrected chi connectivity index (χ3v) is 3.51. The number of nitrogens with one attached hydrogen (secondary N) is 1. The van der Waals surface area contributed by atoms with Crippen molar-refractivity contribution < 1.29 is 18.6 Å². The van der Waals surface area contributed by atoms with Crippen molar-refractivity contribution in [3.05, 3.63) is 35.9 Å².